The van der Waals surface area contributed by atoms with Gasteiger partial charge in [-0.2, -0.15) is 0 Å². The number of hydrogen-bond acceptors (Lipinski definition) is 5. The van der Waals surface area contributed by atoms with Crippen LogP contribution in [-0.2, 0) is 18.5 Å². The van der Waals surface area contributed by atoms with Crippen molar-refractivity contribution in [2.45, 2.75) is 32.4 Å². The molecule has 34 heavy (non-hydrogen) atoms. The molecule has 0 unspecified atom stereocenters. The first kappa shape index (κ1) is 24.4. The summed E-state index contributed by atoms with van der Waals surface area (Å²) >= 11 is 12.5. The Bertz CT molecular complexity index is 1470. The molecule has 178 valence electrons. The molecular weight excluding hydrogens is 493 g/mol. The fourth-order valence-electron chi connectivity index (χ4n) is 3.53. The summed E-state index contributed by atoms with van der Waals surface area (Å²) in [6.07, 6.45) is 1.57. The summed E-state index contributed by atoms with van der Waals surface area (Å²) in [5, 5.41) is 0.778. The van der Waals surface area contributed by atoms with E-state index in [2.05, 4.69) is 24.6 Å². The van der Waals surface area contributed by atoms with Gasteiger partial charge in [0.15, 0.2) is 17.0 Å². The van der Waals surface area contributed by atoms with Gasteiger partial charge in [-0.15, -0.1) is 0 Å². The van der Waals surface area contributed by atoms with Crippen LogP contribution in [0.25, 0.3) is 28.2 Å². The van der Waals surface area contributed by atoms with Crippen LogP contribution in [-0.4, -0.2) is 38.4 Å². The predicted octanol–water partition coefficient (Wildman–Crippen LogP) is 4.57. The third-order valence-electron chi connectivity index (χ3n) is 5.44. The molecule has 0 aliphatic carbocycles. The quantitative estimate of drug-likeness (QED) is 0.203. The van der Waals surface area contributed by atoms with Crippen LogP contribution in [0.4, 0.5) is 0 Å². The number of imidazole rings is 1. The summed E-state index contributed by atoms with van der Waals surface area (Å²) in [6.45, 7) is 7.26. The lowest BCUT2D eigenvalue weighted by Crippen LogP contribution is -2.39. The first-order valence-electron chi connectivity index (χ1n) is 10.8. The average molecular weight is 518 g/mol. The van der Waals surface area contributed by atoms with E-state index in [1.807, 2.05) is 0 Å². The number of aromatic nitrogens is 5. The molecule has 3 heterocycles. The largest absolute Gasteiger partial charge is 0.361 e. The van der Waals surface area contributed by atoms with Gasteiger partial charge in [-0.3, -0.25) is 18.5 Å². The second-order valence-electron chi connectivity index (χ2n) is 9.18. The van der Waals surface area contributed by atoms with Crippen LogP contribution in [0.15, 0.2) is 52.2 Å². The van der Waals surface area contributed by atoms with E-state index in [0.717, 1.165) is 10.6 Å². The molecule has 0 N–H and O–H groups in total. The van der Waals surface area contributed by atoms with Gasteiger partial charge in [0, 0.05) is 38.6 Å². The maximum atomic E-state index is 13.3. The molecule has 4 aromatic rings. The molecule has 0 radical (unpaired) electrons. The summed E-state index contributed by atoms with van der Waals surface area (Å²) in [5.74, 6) is 0.383. The Morgan fingerprint density at radius 2 is 1.76 bits per heavy atom. The third kappa shape index (κ3) is 4.74. The van der Waals surface area contributed by atoms with E-state index in [1.165, 1.54) is 11.6 Å². The number of fused-ring (bicyclic) bond motifs is 1. The summed E-state index contributed by atoms with van der Waals surface area (Å²) in [6, 6.07) is 11.4. The number of rotatable bonds is 7. The highest BCUT2D eigenvalue weighted by atomic mass is 35.5. The highest BCUT2D eigenvalue weighted by Crippen LogP contribution is 2.30. The van der Waals surface area contributed by atoms with Crippen molar-refractivity contribution in [3.05, 3.63) is 73.6 Å². The Kier molecular flexibility index (Phi) is 6.82. The minimum absolute atomic E-state index is 0.0220. The maximum Gasteiger partial charge on any atom is 0.334 e. The van der Waals surface area contributed by atoms with Gasteiger partial charge in [0.25, 0.3) is 5.56 Å². The maximum absolute atomic E-state index is 13.3. The zero-order valence-electron chi connectivity index (χ0n) is 19.4. The molecule has 0 saturated carbocycles. The molecule has 0 atom stereocenters. The van der Waals surface area contributed by atoms with Gasteiger partial charge in [-0.1, -0.05) is 42.8 Å². The fourth-order valence-corrected chi connectivity index (χ4v) is 4.62. The molecule has 0 saturated heterocycles. The van der Waals surface area contributed by atoms with Crippen LogP contribution in [0, 0.1) is 0 Å². The van der Waals surface area contributed by atoms with Crippen molar-refractivity contribution in [1.82, 2.24) is 23.7 Å². The third-order valence-corrected chi connectivity index (χ3v) is 7.70. The van der Waals surface area contributed by atoms with E-state index < -0.39 is 19.3 Å². The normalized spacial score (nSPS) is 11.9. The Labute approximate surface area is 207 Å². The molecular formula is C23H25Cl2N5O3Si. The Balaban J connectivity index is 1.98. The lowest BCUT2D eigenvalue weighted by Gasteiger charge is -2.16. The Hall–Kier alpha value is -2.72. The Morgan fingerprint density at radius 3 is 2.41 bits per heavy atom. The van der Waals surface area contributed by atoms with E-state index in [1.54, 1.807) is 47.2 Å². The molecule has 11 heteroatoms. The van der Waals surface area contributed by atoms with Crippen molar-refractivity contribution in [2.24, 2.45) is 7.05 Å². The van der Waals surface area contributed by atoms with Crippen molar-refractivity contribution in [3.63, 3.8) is 0 Å². The van der Waals surface area contributed by atoms with Gasteiger partial charge in [0.05, 0.1) is 5.56 Å². The predicted molar refractivity (Wildman–Crippen MR) is 138 cm³/mol. The smallest absolute Gasteiger partial charge is 0.334 e. The summed E-state index contributed by atoms with van der Waals surface area (Å²) in [7, 11) is 0.137. The molecule has 8 nitrogen and oxygen atoms in total. The second-order valence-corrected chi connectivity index (χ2v) is 15.6. The molecule has 0 amide bonds. The molecule has 1 aromatic carbocycles. The number of ether oxygens (including phenoxy) is 1. The summed E-state index contributed by atoms with van der Waals surface area (Å²) in [4.78, 5) is 35.3. The first-order valence-corrected chi connectivity index (χ1v) is 15.2. The fraction of sp³-hybridized carbons (Fsp3) is 0.304. The standard InChI is InChI=1S/C23H25Cl2N5O3Si/c1-28-22(31)18-21(29(23(28)32)14-33-12-13-34(2,3)4)27-20(17-6-5-11-26-19(17)25)30(18)16-9-7-15(24)8-10-16/h5-11H,12-14H2,1-4H3. The summed E-state index contributed by atoms with van der Waals surface area (Å²) in [5.41, 5.74) is 0.626. The topological polar surface area (TPSA) is 83.9 Å². The van der Waals surface area contributed by atoms with Gasteiger partial charge in [0.1, 0.15) is 11.9 Å². The van der Waals surface area contributed by atoms with Crippen LogP contribution in [0.5, 0.6) is 0 Å². The average Bonchev–Trinajstić information content (AvgIpc) is 3.17. The van der Waals surface area contributed by atoms with Gasteiger partial charge in [-0.05, 0) is 42.4 Å². The number of pyridine rings is 1. The molecule has 0 aliphatic heterocycles. The Morgan fingerprint density at radius 1 is 1.06 bits per heavy atom. The van der Waals surface area contributed by atoms with E-state index in [0.29, 0.717) is 28.7 Å². The van der Waals surface area contributed by atoms with Crippen molar-refractivity contribution in [3.8, 4) is 17.1 Å². The SMILES string of the molecule is Cn1c(=O)c2c(nc(-c3cccnc3Cl)n2-c2ccc(Cl)cc2)n(COCC[Si](C)(C)C)c1=O. The number of nitrogens with zero attached hydrogens (tertiary/aromatic N) is 5. The van der Waals surface area contributed by atoms with Crippen LogP contribution >= 0.6 is 23.2 Å². The van der Waals surface area contributed by atoms with Gasteiger partial charge < -0.3 is 4.74 Å². The van der Waals surface area contributed by atoms with Crippen molar-refractivity contribution < 1.29 is 4.74 Å². The second kappa shape index (κ2) is 9.50. The molecule has 0 aliphatic rings. The monoisotopic (exact) mass is 517 g/mol. The van der Waals surface area contributed by atoms with E-state index in [9.17, 15) is 9.59 Å². The number of hydrogen-bond donors (Lipinski definition) is 0. The van der Waals surface area contributed by atoms with E-state index in [4.69, 9.17) is 32.9 Å². The van der Waals surface area contributed by atoms with Crippen molar-refractivity contribution in [1.29, 1.82) is 0 Å². The highest BCUT2D eigenvalue weighted by Gasteiger charge is 2.24. The molecule has 0 spiro atoms. The molecule has 4 rings (SSSR count). The molecule has 3 aromatic heterocycles. The lowest BCUT2D eigenvalue weighted by atomic mass is 10.2. The zero-order chi connectivity index (χ0) is 24.6. The van der Waals surface area contributed by atoms with Crippen LogP contribution in [0.2, 0.25) is 35.9 Å². The lowest BCUT2D eigenvalue weighted by molar-refractivity contribution is 0.0857. The molecule has 0 bridgehead atoms. The van der Waals surface area contributed by atoms with Gasteiger partial charge in [0.2, 0.25) is 0 Å². The van der Waals surface area contributed by atoms with E-state index >= 15 is 0 Å². The number of benzene rings is 1. The minimum Gasteiger partial charge on any atom is -0.361 e. The van der Waals surface area contributed by atoms with E-state index in [-0.39, 0.29) is 23.0 Å². The summed E-state index contributed by atoms with van der Waals surface area (Å²) < 4.78 is 9.97. The van der Waals surface area contributed by atoms with Crippen molar-refractivity contribution in [2.75, 3.05) is 6.61 Å². The molecule has 0 fully saturated rings. The minimum atomic E-state index is -1.31. The van der Waals surface area contributed by atoms with Gasteiger partial charge in [-0.25, -0.2) is 14.8 Å². The van der Waals surface area contributed by atoms with Crippen LogP contribution < -0.4 is 11.2 Å². The van der Waals surface area contributed by atoms with Gasteiger partial charge >= 0.3 is 5.69 Å². The van der Waals surface area contributed by atoms with Crippen LogP contribution in [0.3, 0.4) is 0 Å². The zero-order valence-corrected chi connectivity index (χ0v) is 21.9. The first-order chi connectivity index (χ1) is 16.1. The number of halogens is 2. The highest BCUT2D eigenvalue weighted by molar-refractivity contribution is 6.76. The van der Waals surface area contributed by atoms with Crippen molar-refractivity contribution >= 4 is 42.4 Å². The van der Waals surface area contributed by atoms with Crippen LogP contribution in [0.1, 0.15) is 0 Å².